The van der Waals surface area contributed by atoms with Crippen molar-refractivity contribution in [2.75, 3.05) is 51.9 Å². The van der Waals surface area contributed by atoms with Crippen LogP contribution in [0.3, 0.4) is 0 Å². The summed E-state index contributed by atoms with van der Waals surface area (Å²) < 4.78 is 10.8. The monoisotopic (exact) mass is 342 g/mol. The molecule has 2 heterocycles. The zero-order chi connectivity index (χ0) is 17.6. The van der Waals surface area contributed by atoms with Crippen LogP contribution in [-0.4, -0.2) is 68.1 Å². The maximum absolute atomic E-state index is 5.43. The van der Waals surface area contributed by atoms with Crippen molar-refractivity contribution in [3.63, 3.8) is 0 Å². The number of likely N-dealkylation sites (N-methyl/N-ethyl adjacent to an activating group) is 1. The van der Waals surface area contributed by atoms with Crippen molar-refractivity contribution in [2.45, 2.75) is 13.0 Å². The Bertz CT molecular complexity index is 671. The van der Waals surface area contributed by atoms with E-state index in [4.69, 9.17) is 9.47 Å². The minimum atomic E-state index is 0.449. The van der Waals surface area contributed by atoms with E-state index in [1.54, 1.807) is 7.11 Å². The second-order valence-electron chi connectivity index (χ2n) is 6.35. The molecule has 0 spiro atoms. The Morgan fingerprint density at radius 3 is 2.60 bits per heavy atom. The molecule has 1 aliphatic rings. The van der Waals surface area contributed by atoms with Gasteiger partial charge in [-0.25, -0.2) is 0 Å². The predicted octanol–water partition coefficient (Wildman–Crippen LogP) is 2.31. The minimum absolute atomic E-state index is 0.449. The number of benzene rings is 1. The van der Waals surface area contributed by atoms with Crippen molar-refractivity contribution < 1.29 is 9.47 Å². The topological polar surface area (TPSA) is 50.7 Å². The summed E-state index contributed by atoms with van der Waals surface area (Å²) in [5.74, 6) is 1.68. The zero-order valence-electron chi connectivity index (χ0n) is 15.2. The van der Waals surface area contributed by atoms with E-state index in [1.165, 1.54) is 0 Å². The van der Waals surface area contributed by atoms with Crippen LogP contribution in [0.5, 0.6) is 5.75 Å². The first-order valence-corrected chi connectivity index (χ1v) is 8.69. The summed E-state index contributed by atoms with van der Waals surface area (Å²) in [6.07, 6.45) is 0. The zero-order valence-corrected chi connectivity index (χ0v) is 15.2. The van der Waals surface area contributed by atoms with Gasteiger partial charge in [-0.3, -0.25) is 4.90 Å². The van der Waals surface area contributed by atoms with E-state index >= 15 is 0 Å². The van der Waals surface area contributed by atoms with Gasteiger partial charge in [0.1, 0.15) is 5.75 Å². The number of anilines is 1. The Hall–Kier alpha value is -2.18. The number of aromatic nitrogens is 2. The highest BCUT2D eigenvalue weighted by Crippen LogP contribution is 2.28. The summed E-state index contributed by atoms with van der Waals surface area (Å²) in [5, 5.41) is 8.80. The molecule has 0 radical (unpaired) electrons. The molecule has 1 aromatic carbocycles. The van der Waals surface area contributed by atoms with Crippen molar-refractivity contribution in [1.82, 2.24) is 15.1 Å². The minimum Gasteiger partial charge on any atom is -0.496 e. The molecule has 0 unspecified atom stereocenters. The lowest BCUT2D eigenvalue weighted by molar-refractivity contribution is 0.0217. The average Bonchev–Trinajstić information content (AvgIpc) is 2.68. The lowest BCUT2D eigenvalue weighted by Gasteiger charge is -2.34. The molecule has 1 fully saturated rings. The Morgan fingerprint density at radius 2 is 1.92 bits per heavy atom. The second-order valence-corrected chi connectivity index (χ2v) is 6.35. The summed E-state index contributed by atoms with van der Waals surface area (Å²) in [7, 11) is 3.73. The van der Waals surface area contributed by atoms with Gasteiger partial charge in [-0.1, -0.05) is 12.1 Å². The van der Waals surface area contributed by atoms with Gasteiger partial charge in [0, 0.05) is 38.3 Å². The summed E-state index contributed by atoms with van der Waals surface area (Å²) in [5.41, 5.74) is 1.77. The van der Waals surface area contributed by atoms with Crippen LogP contribution in [0.1, 0.15) is 6.92 Å². The van der Waals surface area contributed by atoms with E-state index in [9.17, 15) is 0 Å². The van der Waals surface area contributed by atoms with Crippen molar-refractivity contribution in [3.8, 4) is 17.0 Å². The van der Waals surface area contributed by atoms with E-state index in [0.29, 0.717) is 6.04 Å². The molecule has 25 heavy (non-hydrogen) atoms. The SMILES string of the molecule is COc1ccccc1-c1ccc(N(C)C[C@@H](C)N2CCOCC2)nn1. The smallest absolute Gasteiger partial charge is 0.151 e. The van der Waals surface area contributed by atoms with Crippen LogP contribution in [0.4, 0.5) is 5.82 Å². The average molecular weight is 342 g/mol. The van der Waals surface area contributed by atoms with Crippen LogP contribution in [0.2, 0.25) is 0 Å². The Morgan fingerprint density at radius 1 is 1.16 bits per heavy atom. The molecule has 0 bridgehead atoms. The molecule has 134 valence electrons. The molecule has 6 nitrogen and oxygen atoms in total. The predicted molar refractivity (Wildman–Crippen MR) is 99.1 cm³/mol. The maximum atomic E-state index is 5.43. The molecule has 0 aliphatic carbocycles. The molecule has 1 aliphatic heterocycles. The van der Waals surface area contributed by atoms with Crippen LogP contribution in [0.25, 0.3) is 11.3 Å². The summed E-state index contributed by atoms with van der Waals surface area (Å²) in [4.78, 5) is 4.61. The summed E-state index contributed by atoms with van der Waals surface area (Å²) in [6.45, 7) is 6.78. The first-order valence-electron chi connectivity index (χ1n) is 8.69. The van der Waals surface area contributed by atoms with Crippen LogP contribution in [0.15, 0.2) is 36.4 Å². The van der Waals surface area contributed by atoms with Gasteiger partial charge >= 0.3 is 0 Å². The van der Waals surface area contributed by atoms with Crippen LogP contribution in [-0.2, 0) is 4.74 Å². The third-order valence-electron chi connectivity index (χ3n) is 4.63. The molecule has 1 atom stereocenters. The lowest BCUT2D eigenvalue weighted by Crippen LogP contribution is -2.46. The lowest BCUT2D eigenvalue weighted by atomic mass is 10.1. The highest BCUT2D eigenvalue weighted by molar-refractivity contribution is 5.67. The first-order chi connectivity index (χ1) is 12.2. The maximum Gasteiger partial charge on any atom is 0.151 e. The van der Waals surface area contributed by atoms with Crippen LogP contribution in [0, 0.1) is 0 Å². The molecule has 6 heteroatoms. The number of hydrogen-bond acceptors (Lipinski definition) is 6. The summed E-state index contributed by atoms with van der Waals surface area (Å²) >= 11 is 0. The standard InChI is InChI=1S/C19H26N4O2/c1-15(23-10-12-25-13-11-23)14-22(2)19-9-8-17(20-21-19)16-6-4-5-7-18(16)24-3/h4-9,15H,10-14H2,1-3H3/t15-/m1/s1. The van der Waals surface area contributed by atoms with Gasteiger partial charge in [-0.2, -0.15) is 0 Å². The third kappa shape index (κ3) is 4.27. The van der Waals surface area contributed by atoms with E-state index in [2.05, 4.69) is 34.0 Å². The molecule has 0 saturated carbocycles. The molecule has 3 rings (SSSR count). The van der Waals surface area contributed by atoms with E-state index in [1.807, 2.05) is 36.4 Å². The number of methoxy groups -OCH3 is 1. The fourth-order valence-electron chi connectivity index (χ4n) is 3.15. The van der Waals surface area contributed by atoms with Gasteiger partial charge in [-0.05, 0) is 31.2 Å². The summed E-state index contributed by atoms with van der Waals surface area (Å²) in [6, 6.07) is 12.3. The molecular weight excluding hydrogens is 316 g/mol. The fraction of sp³-hybridized carbons (Fsp3) is 0.474. The van der Waals surface area contributed by atoms with Gasteiger partial charge < -0.3 is 14.4 Å². The Labute approximate surface area is 149 Å². The molecule has 1 aromatic heterocycles. The number of morpholine rings is 1. The van der Waals surface area contributed by atoms with Crippen LogP contribution < -0.4 is 9.64 Å². The number of para-hydroxylation sites is 1. The van der Waals surface area contributed by atoms with E-state index in [-0.39, 0.29) is 0 Å². The Balaban J connectivity index is 1.67. The highest BCUT2D eigenvalue weighted by atomic mass is 16.5. The highest BCUT2D eigenvalue weighted by Gasteiger charge is 2.19. The number of hydrogen-bond donors (Lipinski definition) is 0. The van der Waals surface area contributed by atoms with Crippen molar-refractivity contribution >= 4 is 5.82 Å². The largest absolute Gasteiger partial charge is 0.496 e. The van der Waals surface area contributed by atoms with E-state index < -0.39 is 0 Å². The molecule has 2 aromatic rings. The van der Waals surface area contributed by atoms with Gasteiger partial charge in [0.2, 0.25) is 0 Å². The van der Waals surface area contributed by atoms with Crippen molar-refractivity contribution in [1.29, 1.82) is 0 Å². The number of rotatable bonds is 6. The van der Waals surface area contributed by atoms with Gasteiger partial charge in [0.05, 0.1) is 26.0 Å². The molecule has 0 N–H and O–H groups in total. The normalized spacial score (nSPS) is 16.4. The van der Waals surface area contributed by atoms with Crippen LogP contribution >= 0.6 is 0 Å². The first kappa shape index (κ1) is 17.6. The molecule has 1 saturated heterocycles. The van der Waals surface area contributed by atoms with Gasteiger partial charge in [0.25, 0.3) is 0 Å². The van der Waals surface area contributed by atoms with Crippen molar-refractivity contribution in [3.05, 3.63) is 36.4 Å². The fourth-order valence-corrected chi connectivity index (χ4v) is 3.15. The molecular formula is C19H26N4O2. The molecule has 0 amide bonds. The Kier molecular flexibility index (Phi) is 5.83. The quantitative estimate of drug-likeness (QED) is 0.803. The van der Waals surface area contributed by atoms with Gasteiger partial charge in [-0.15, -0.1) is 10.2 Å². The number of ether oxygens (including phenoxy) is 2. The van der Waals surface area contributed by atoms with E-state index in [0.717, 1.165) is 55.7 Å². The third-order valence-corrected chi connectivity index (χ3v) is 4.63. The number of nitrogens with zero attached hydrogens (tertiary/aromatic N) is 4. The van der Waals surface area contributed by atoms with Crippen molar-refractivity contribution in [2.24, 2.45) is 0 Å². The van der Waals surface area contributed by atoms with Gasteiger partial charge in [0.15, 0.2) is 5.82 Å². The second kappa shape index (κ2) is 8.27.